The maximum Gasteiger partial charge on any atom is 0.338 e. The number of nitrogens with zero attached hydrogens (tertiary/aromatic N) is 2. The van der Waals surface area contributed by atoms with Crippen LogP contribution in [0.2, 0.25) is 0 Å². The first-order chi connectivity index (χ1) is 14.4. The largest absolute Gasteiger partial charge is 0.454 e. The molecule has 0 N–H and O–H groups in total. The number of hydrogen-bond acceptors (Lipinski definition) is 7. The molecule has 2 heterocycles. The minimum absolute atomic E-state index is 0.0955. The number of piperazine rings is 1. The lowest BCUT2D eigenvalue weighted by Gasteiger charge is -2.33. The molecule has 1 amide bonds. The molecule has 2 aliphatic rings. The first kappa shape index (κ1) is 20.2. The summed E-state index contributed by atoms with van der Waals surface area (Å²) in [4.78, 5) is 26.3. The number of fused-ring (bicyclic) bond motifs is 1. The van der Waals surface area contributed by atoms with E-state index in [1.54, 1.807) is 36.4 Å². The Morgan fingerprint density at radius 1 is 0.933 bits per heavy atom. The van der Waals surface area contributed by atoms with Crippen LogP contribution in [0.5, 0.6) is 11.5 Å². The summed E-state index contributed by atoms with van der Waals surface area (Å²) in [5.74, 6) is -0.0229. The van der Waals surface area contributed by atoms with Crippen molar-refractivity contribution >= 4 is 21.9 Å². The Bertz CT molecular complexity index is 1050. The number of benzene rings is 2. The van der Waals surface area contributed by atoms with E-state index in [2.05, 4.69) is 0 Å². The number of rotatable bonds is 5. The average Bonchev–Trinajstić information content (AvgIpc) is 3.26. The van der Waals surface area contributed by atoms with Crippen LogP contribution in [0, 0.1) is 0 Å². The van der Waals surface area contributed by atoms with Gasteiger partial charge < -0.3 is 19.1 Å². The fraction of sp³-hybridized carbons (Fsp3) is 0.300. The lowest BCUT2D eigenvalue weighted by molar-refractivity contribution is -0.135. The van der Waals surface area contributed by atoms with Crippen LogP contribution in [-0.4, -0.2) is 69.1 Å². The highest BCUT2D eigenvalue weighted by atomic mass is 32.2. The van der Waals surface area contributed by atoms with Crippen LogP contribution < -0.4 is 9.47 Å². The van der Waals surface area contributed by atoms with E-state index in [4.69, 9.17) is 14.2 Å². The predicted octanol–water partition coefficient (Wildman–Crippen LogP) is 1.11. The topological polar surface area (TPSA) is 102 Å². The van der Waals surface area contributed by atoms with E-state index < -0.39 is 22.6 Å². The molecule has 1 saturated heterocycles. The Morgan fingerprint density at radius 2 is 1.63 bits per heavy atom. The van der Waals surface area contributed by atoms with Crippen LogP contribution in [0.15, 0.2) is 53.4 Å². The Balaban J connectivity index is 1.29. The van der Waals surface area contributed by atoms with Gasteiger partial charge in [-0.15, -0.1) is 0 Å². The zero-order valence-electron chi connectivity index (χ0n) is 16.0. The van der Waals surface area contributed by atoms with Gasteiger partial charge in [0.05, 0.1) is 10.5 Å². The van der Waals surface area contributed by atoms with E-state index in [1.807, 2.05) is 0 Å². The SMILES string of the molecule is O=C(OCC(=O)N1CCN(S(=O)(=O)c2ccccc2)CC1)c1ccc2c(c1)OCO2. The number of hydrogen-bond donors (Lipinski definition) is 0. The summed E-state index contributed by atoms with van der Waals surface area (Å²) in [5, 5.41) is 0. The smallest absolute Gasteiger partial charge is 0.338 e. The first-order valence-corrected chi connectivity index (χ1v) is 10.8. The Kier molecular flexibility index (Phi) is 5.60. The van der Waals surface area contributed by atoms with Gasteiger partial charge in [-0.3, -0.25) is 4.79 Å². The summed E-state index contributed by atoms with van der Waals surface area (Å²) >= 11 is 0. The minimum Gasteiger partial charge on any atom is -0.454 e. The molecule has 2 aromatic carbocycles. The number of esters is 1. The molecular formula is C20H20N2O7S. The fourth-order valence-corrected chi connectivity index (χ4v) is 4.69. The van der Waals surface area contributed by atoms with Crippen LogP contribution in [0.1, 0.15) is 10.4 Å². The van der Waals surface area contributed by atoms with Gasteiger partial charge in [-0.1, -0.05) is 18.2 Å². The van der Waals surface area contributed by atoms with Crippen LogP contribution in [0.25, 0.3) is 0 Å². The van der Waals surface area contributed by atoms with E-state index in [0.717, 1.165) is 0 Å². The van der Waals surface area contributed by atoms with Gasteiger partial charge >= 0.3 is 5.97 Å². The first-order valence-electron chi connectivity index (χ1n) is 9.35. The summed E-state index contributed by atoms with van der Waals surface area (Å²) in [6.07, 6.45) is 0. The van der Waals surface area contributed by atoms with Crippen molar-refractivity contribution in [1.82, 2.24) is 9.21 Å². The standard InChI is InChI=1S/C20H20N2O7S/c23-19(13-27-20(24)15-6-7-17-18(12-15)29-14-28-17)21-8-10-22(11-9-21)30(25,26)16-4-2-1-3-5-16/h1-7,12H,8-11,13-14H2. The molecule has 0 unspecified atom stereocenters. The zero-order chi connectivity index (χ0) is 21.1. The molecule has 1 fully saturated rings. The number of carbonyl (C=O) groups excluding carboxylic acids is 2. The fourth-order valence-electron chi connectivity index (χ4n) is 3.24. The van der Waals surface area contributed by atoms with Gasteiger partial charge in [-0.2, -0.15) is 4.31 Å². The molecule has 158 valence electrons. The summed E-state index contributed by atoms with van der Waals surface area (Å²) in [6, 6.07) is 12.8. The molecule has 4 rings (SSSR count). The van der Waals surface area contributed by atoms with E-state index in [9.17, 15) is 18.0 Å². The van der Waals surface area contributed by atoms with Gasteiger partial charge in [0.15, 0.2) is 18.1 Å². The number of amides is 1. The van der Waals surface area contributed by atoms with Crippen molar-refractivity contribution in [3.63, 3.8) is 0 Å². The third-order valence-corrected chi connectivity index (χ3v) is 6.82. The molecule has 2 aliphatic heterocycles. The molecule has 9 nitrogen and oxygen atoms in total. The molecule has 0 atom stereocenters. The molecule has 0 bridgehead atoms. The molecule has 0 spiro atoms. The summed E-state index contributed by atoms with van der Waals surface area (Å²) in [5.41, 5.74) is 0.255. The highest BCUT2D eigenvalue weighted by Crippen LogP contribution is 2.32. The van der Waals surface area contributed by atoms with Gasteiger partial charge in [0.25, 0.3) is 5.91 Å². The molecule has 10 heteroatoms. The lowest BCUT2D eigenvalue weighted by Crippen LogP contribution is -2.51. The summed E-state index contributed by atoms with van der Waals surface area (Å²) in [6.45, 7) is 0.494. The lowest BCUT2D eigenvalue weighted by atomic mass is 10.2. The minimum atomic E-state index is -3.59. The van der Waals surface area contributed by atoms with Crippen LogP contribution >= 0.6 is 0 Å². The molecule has 30 heavy (non-hydrogen) atoms. The average molecular weight is 432 g/mol. The predicted molar refractivity (Wildman–Crippen MR) is 105 cm³/mol. The van der Waals surface area contributed by atoms with Crippen molar-refractivity contribution in [2.45, 2.75) is 4.90 Å². The zero-order valence-corrected chi connectivity index (χ0v) is 16.8. The van der Waals surface area contributed by atoms with Crippen molar-refractivity contribution in [2.75, 3.05) is 39.6 Å². The number of sulfonamides is 1. The summed E-state index contributed by atoms with van der Waals surface area (Å²) in [7, 11) is -3.59. The van der Waals surface area contributed by atoms with Crippen LogP contribution in [0.3, 0.4) is 0 Å². The second-order valence-electron chi connectivity index (χ2n) is 6.74. The van der Waals surface area contributed by atoms with E-state index in [0.29, 0.717) is 11.5 Å². The highest BCUT2D eigenvalue weighted by Gasteiger charge is 2.30. The van der Waals surface area contributed by atoms with Gasteiger partial charge in [-0.25, -0.2) is 13.2 Å². The van der Waals surface area contributed by atoms with Gasteiger partial charge in [0.2, 0.25) is 16.8 Å². The van der Waals surface area contributed by atoms with E-state index in [1.165, 1.54) is 21.3 Å². The van der Waals surface area contributed by atoms with Crippen molar-refractivity contribution in [2.24, 2.45) is 0 Å². The summed E-state index contributed by atoms with van der Waals surface area (Å²) < 4.78 is 42.2. The van der Waals surface area contributed by atoms with Gasteiger partial charge in [0, 0.05) is 26.2 Å². The molecule has 0 aliphatic carbocycles. The molecule has 2 aromatic rings. The Morgan fingerprint density at radius 3 is 2.37 bits per heavy atom. The maximum absolute atomic E-state index is 12.7. The van der Waals surface area contributed by atoms with Crippen molar-refractivity contribution < 1.29 is 32.2 Å². The third kappa shape index (κ3) is 4.10. The Labute approximate surface area is 173 Å². The quantitative estimate of drug-likeness (QED) is 0.652. The molecule has 0 aromatic heterocycles. The molecule has 0 radical (unpaired) electrons. The van der Waals surface area contributed by atoms with Crippen molar-refractivity contribution in [3.8, 4) is 11.5 Å². The number of ether oxygens (including phenoxy) is 3. The second kappa shape index (κ2) is 8.33. The van der Waals surface area contributed by atoms with E-state index in [-0.39, 0.29) is 49.3 Å². The highest BCUT2D eigenvalue weighted by molar-refractivity contribution is 7.89. The normalized spacial score (nSPS) is 16.3. The van der Waals surface area contributed by atoms with Crippen LogP contribution in [0.4, 0.5) is 0 Å². The maximum atomic E-state index is 12.7. The molecular weight excluding hydrogens is 412 g/mol. The second-order valence-corrected chi connectivity index (χ2v) is 8.68. The van der Waals surface area contributed by atoms with Gasteiger partial charge in [0.1, 0.15) is 0 Å². The Hall–Kier alpha value is -3.11. The van der Waals surface area contributed by atoms with Crippen LogP contribution in [-0.2, 0) is 19.6 Å². The molecule has 0 saturated carbocycles. The monoisotopic (exact) mass is 432 g/mol. The van der Waals surface area contributed by atoms with Gasteiger partial charge in [-0.05, 0) is 30.3 Å². The third-order valence-electron chi connectivity index (χ3n) is 4.91. The van der Waals surface area contributed by atoms with E-state index >= 15 is 0 Å². The number of carbonyl (C=O) groups is 2. The van der Waals surface area contributed by atoms with Crippen molar-refractivity contribution in [1.29, 1.82) is 0 Å². The van der Waals surface area contributed by atoms with Crippen molar-refractivity contribution in [3.05, 3.63) is 54.1 Å².